The molecule has 1 aliphatic rings. The highest BCUT2D eigenvalue weighted by Gasteiger charge is 2.57. The van der Waals surface area contributed by atoms with E-state index in [0.717, 1.165) is 11.1 Å². The monoisotopic (exact) mass is 395 g/mol. The molecule has 0 bridgehead atoms. The zero-order valence-electron chi connectivity index (χ0n) is 18.3. The van der Waals surface area contributed by atoms with Crippen LogP contribution in [0, 0.1) is 5.92 Å². The summed E-state index contributed by atoms with van der Waals surface area (Å²) in [5.74, 6) is 0.576. The van der Waals surface area contributed by atoms with Crippen LogP contribution in [0.25, 0.3) is 0 Å². The van der Waals surface area contributed by atoms with Crippen LogP contribution in [-0.4, -0.2) is 36.0 Å². The summed E-state index contributed by atoms with van der Waals surface area (Å²) in [6.45, 7) is 18.2. The van der Waals surface area contributed by atoms with Crippen LogP contribution in [0.3, 0.4) is 0 Å². The summed E-state index contributed by atoms with van der Waals surface area (Å²) in [5, 5.41) is 10.5. The van der Waals surface area contributed by atoms with Gasteiger partial charge in [-0.05, 0) is 47.3 Å². The molecule has 0 spiro atoms. The molecule has 0 radical (unpaired) electrons. The summed E-state index contributed by atoms with van der Waals surface area (Å²) in [5.41, 5.74) is 2.96. The predicted octanol–water partition coefficient (Wildman–Crippen LogP) is 4.84. The van der Waals surface area contributed by atoms with Crippen molar-refractivity contribution in [3.63, 3.8) is 0 Å². The highest BCUT2D eigenvalue weighted by atomic mass is 32.2. The Hall–Kier alpha value is -0.910. The van der Waals surface area contributed by atoms with Crippen molar-refractivity contribution in [2.45, 2.75) is 103 Å². The third-order valence-electron chi connectivity index (χ3n) is 5.75. The summed E-state index contributed by atoms with van der Waals surface area (Å²) in [7, 11) is -3.66. The number of hydrogen-bond acceptors (Lipinski definition) is 3. The van der Waals surface area contributed by atoms with Crippen LogP contribution in [0.2, 0.25) is 0 Å². The van der Waals surface area contributed by atoms with Crippen LogP contribution in [0.5, 0.6) is 0 Å². The first-order chi connectivity index (χ1) is 12.3. The van der Waals surface area contributed by atoms with E-state index in [2.05, 4.69) is 53.7 Å². The normalized spacial score (nSPS) is 24.3. The molecule has 1 fully saturated rings. The van der Waals surface area contributed by atoms with Gasteiger partial charge >= 0.3 is 0 Å². The van der Waals surface area contributed by atoms with E-state index in [1.54, 1.807) is 0 Å². The summed E-state index contributed by atoms with van der Waals surface area (Å²) in [6.07, 6.45) is -0.644. The van der Waals surface area contributed by atoms with Crippen molar-refractivity contribution < 1.29 is 13.5 Å². The average molecular weight is 396 g/mol. The molecule has 1 heterocycles. The van der Waals surface area contributed by atoms with Gasteiger partial charge in [0.1, 0.15) is 0 Å². The molecule has 0 saturated carbocycles. The third-order valence-corrected chi connectivity index (χ3v) is 7.87. The van der Waals surface area contributed by atoms with Crippen LogP contribution in [-0.2, 0) is 10.0 Å². The fourth-order valence-electron chi connectivity index (χ4n) is 3.85. The number of nitrogens with zero attached hydrogens (tertiary/aromatic N) is 1. The Morgan fingerprint density at radius 1 is 0.889 bits per heavy atom. The topological polar surface area (TPSA) is 57.4 Å². The van der Waals surface area contributed by atoms with Crippen molar-refractivity contribution >= 4 is 10.0 Å². The molecular formula is C22H37NO3S. The number of aliphatic hydroxyl groups is 1. The number of benzene rings is 1. The Kier molecular flexibility index (Phi) is 6.50. The van der Waals surface area contributed by atoms with Crippen molar-refractivity contribution in [3.8, 4) is 0 Å². The maximum absolute atomic E-state index is 13.7. The molecule has 4 atom stereocenters. The second kappa shape index (κ2) is 7.84. The Balaban J connectivity index is 2.66. The van der Waals surface area contributed by atoms with Crippen molar-refractivity contribution in [3.05, 3.63) is 28.8 Å². The first kappa shape index (κ1) is 22.4. The van der Waals surface area contributed by atoms with Crippen LogP contribution in [0.1, 0.15) is 96.8 Å². The first-order valence-electron chi connectivity index (χ1n) is 10.2. The molecule has 1 N–H and O–H groups in total. The smallest absolute Gasteiger partial charge is 0.244 e. The summed E-state index contributed by atoms with van der Waals surface area (Å²) in [4.78, 5) is 0.460. The van der Waals surface area contributed by atoms with Crippen LogP contribution in [0.4, 0.5) is 0 Å². The number of sulfonamides is 1. The molecule has 1 unspecified atom stereocenters. The molecule has 0 aromatic heterocycles. The molecule has 2 rings (SSSR count). The summed E-state index contributed by atoms with van der Waals surface area (Å²) < 4.78 is 28.9. The SMILES string of the molecule is CC(C)c1cc(C(C)C)c(S(=O)(=O)N2[C@H]([C@H](O)C(C)C)[C@H]2C)c(C(C)C)c1. The van der Waals surface area contributed by atoms with E-state index in [9.17, 15) is 13.5 Å². The Morgan fingerprint density at radius 3 is 1.67 bits per heavy atom. The van der Waals surface area contributed by atoms with Crippen LogP contribution < -0.4 is 0 Å². The highest BCUT2D eigenvalue weighted by molar-refractivity contribution is 7.89. The average Bonchev–Trinajstić information content (AvgIpc) is 3.24. The molecule has 27 heavy (non-hydrogen) atoms. The lowest BCUT2D eigenvalue weighted by Gasteiger charge is -2.23. The fourth-order valence-corrected chi connectivity index (χ4v) is 6.37. The molecule has 0 aliphatic carbocycles. The van der Waals surface area contributed by atoms with Gasteiger partial charge in [-0.3, -0.25) is 0 Å². The van der Waals surface area contributed by atoms with Gasteiger partial charge in [0.2, 0.25) is 10.0 Å². The second-order valence-corrected chi connectivity index (χ2v) is 11.1. The van der Waals surface area contributed by atoms with E-state index in [0.29, 0.717) is 10.8 Å². The molecule has 0 amide bonds. The molecule has 1 aromatic carbocycles. The number of rotatable bonds is 7. The van der Waals surface area contributed by atoms with Gasteiger partial charge in [-0.1, -0.05) is 67.5 Å². The number of aliphatic hydroxyl groups excluding tert-OH is 1. The maximum Gasteiger partial charge on any atom is 0.244 e. The van der Waals surface area contributed by atoms with E-state index in [1.165, 1.54) is 9.87 Å². The zero-order valence-corrected chi connectivity index (χ0v) is 19.1. The van der Waals surface area contributed by atoms with Crippen molar-refractivity contribution in [1.29, 1.82) is 0 Å². The summed E-state index contributed by atoms with van der Waals surface area (Å²) >= 11 is 0. The Labute approximate surface area is 166 Å². The zero-order chi connectivity index (χ0) is 20.8. The molecule has 154 valence electrons. The van der Waals surface area contributed by atoms with Crippen molar-refractivity contribution in [2.75, 3.05) is 0 Å². The van der Waals surface area contributed by atoms with Crippen molar-refractivity contribution in [1.82, 2.24) is 4.31 Å². The van der Waals surface area contributed by atoms with Gasteiger partial charge in [-0.15, -0.1) is 0 Å². The fraction of sp³-hybridized carbons (Fsp3) is 0.727. The summed E-state index contributed by atoms with van der Waals surface area (Å²) in [6, 6.07) is 3.63. The standard InChI is InChI=1S/C22H37NO3S/c1-12(2)17-10-18(13(3)4)22(19(11-17)14(5)6)27(25,26)23-16(9)20(23)21(24)15(7)8/h10-16,20-21,24H,1-9H3/t16-,20+,21-,23?/m1/s1. The molecular weight excluding hydrogens is 358 g/mol. The van der Waals surface area contributed by atoms with Crippen LogP contribution >= 0.6 is 0 Å². The van der Waals surface area contributed by atoms with E-state index >= 15 is 0 Å². The van der Waals surface area contributed by atoms with E-state index < -0.39 is 16.1 Å². The maximum atomic E-state index is 13.7. The Morgan fingerprint density at radius 2 is 1.33 bits per heavy atom. The lowest BCUT2D eigenvalue weighted by molar-refractivity contribution is 0.116. The predicted molar refractivity (Wildman–Crippen MR) is 112 cm³/mol. The van der Waals surface area contributed by atoms with Gasteiger partial charge in [0.15, 0.2) is 0 Å². The highest BCUT2D eigenvalue weighted by Crippen LogP contribution is 2.44. The largest absolute Gasteiger partial charge is 0.391 e. The molecule has 4 nitrogen and oxygen atoms in total. The minimum Gasteiger partial charge on any atom is -0.391 e. The van der Waals surface area contributed by atoms with E-state index in [4.69, 9.17) is 0 Å². The van der Waals surface area contributed by atoms with Gasteiger partial charge in [-0.25, -0.2) is 8.42 Å². The number of hydrogen-bond donors (Lipinski definition) is 1. The lowest BCUT2D eigenvalue weighted by Crippen LogP contribution is -2.28. The molecule has 5 heteroatoms. The Bertz CT molecular complexity index is 752. The van der Waals surface area contributed by atoms with Crippen molar-refractivity contribution in [2.24, 2.45) is 5.92 Å². The van der Waals surface area contributed by atoms with E-state index in [-0.39, 0.29) is 29.8 Å². The van der Waals surface area contributed by atoms with Gasteiger partial charge in [0, 0.05) is 6.04 Å². The van der Waals surface area contributed by atoms with Gasteiger partial charge in [-0.2, -0.15) is 4.31 Å². The third kappa shape index (κ3) is 4.10. The van der Waals surface area contributed by atoms with Gasteiger partial charge in [0.25, 0.3) is 0 Å². The molecule has 1 aliphatic heterocycles. The quantitative estimate of drug-likeness (QED) is 0.672. The second-order valence-electron chi connectivity index (χ2n) is 9.29. The molecule has 1 aromatic rings. The minimum atomic E-state index is -3.66. The van der Waals surface area contributed by atoms with E-state index in [1.807, 2.05) is 20.8 Å². The molecule has 1 saturated heterocycles. The van der Waals surface area contributed by atoms with Gasteiger partial charge < -0.3 is 5.11 Å². The first-order valence-corrected chi connectivity index (χ1v) is 11.7. The van der Waals surface area contributed by atoms with Crippen LogP contribution in [0.15, 0.2) is 17.0 Å². The minimum absolute atomic E-state index is 0.0232. The van der Waals surface area contributed by atoms with Gasteiger partial charge in [0.05, 0.1) is 17.0 Å². The lowest BCUT2D eigenvalue weighted by atomic mass is 9.89.